The van der Waals surface area contributed by atoms with E-state index < -0.39 is 21.6 Å². The molecule has 0 saturated carbocycles. The van der Waals surface area contributed by atoms with Gasteiger partial charge in [0.2, 0.25) is 0 Å². The van der Waals surface area contributed by atoms with Crippen molar-refractivity contribution >= 4 is 33.3 Å². The predicted octanol–water partition coefficient (Wildman–Crippen LogP) is 4.19. The average molecular weight is 551 g/mol. The van der Waals surface area contributed by atoms with Crippen molar-refractivity contribution < 1.29 is 17.9 Å². The van der Waals surface area contributed by atoms with E-state index >= 15 is 0 Å². The molecule has 38 heavy (non-hydrogen) atoms. The molecule has 0 radical (unpaired) electrons. The fraction of sp³-hybridized carbons (Fsp3) is 0.148. The van der Waals surface area contributed by atoms with E-state index in [1.165, 1.54) is 23.9 Å². The Labute approximate surface area is 224 Å². The Balaban J connectivity index is 1.64. The number of ether oxygens (including phenoxy) is 1. The van der Waals surface area contributed by atoms with E-state index in [-0.39, 0.29) is 27.8 Å². The molecule has 0 aliphatic rings. The summed E-state index contributed by atoms with van der Waals surface area (Å²) in [6.45, 7) is 1.55. The zero-order chi connectivity index (χ0) is 27.6. The summed E-state index contributed by atoms with van der Waals surface area (Å²) in [5.41, 5.74) is 1.44. The molecule has 0 spiro atoms. The minimum absolute atomic E-state index is 0.0127. The first kappa shape index (κ1) is 26.7. The van der Waals surface area contributed by atoms with Gasteiger partial charge in [-0.1, -0.05) is 41.9 Å². The zero-order valence-electron chi connectivity index (χ0n) is 20.8. The van der Waals surface area contributed by atoms with Crippen LogP contribution in [0.2, 0.25) is 5.02 Å². The van der Waals surface area contributed by atoms with Gasteiger partial charge in [-0.2, -0.15) is 5.26 Å². The maximum Gasteiger partial charge on any atom is 0.340 e. The molecule has 1 aromatic heterocycles. The van der Waals surface area contributed by atoms with E-state index in [4.69, 9.17) is 21.6 Å². The summed E-state index contributed by atoms with van der Waals surface area (Å²) in [6.07, 6.45) is 0. The van der Waals surface area contributed by atoms with Crippen LogP contribution in [0.15, 0.2) is 82.5 Å². The molecule has 0 saturated heterocycles. The second-order valence-electron chi connectivity index (χ2n) is 8.41. The Kier molecular flexibility index (Phi) is 7.44. The van der Waals surface area contributed by atoms with Crippen LogP contribution in [-0.4, -0.2) is 30.8 Å². The summed E-state index contributed by atoms with van der Waals surface area (Å²) < 4.78 is 36.3. The largest absolute Gasteiger partial charge is 0.457 e. The second-order valence-corrected chi connectivity index (χ2v) is 10.8. The molecule has 0 aliphatic heterocycles. The van der Waals surface area contributed by atoms with Gasteiger partial charge in [-0.25, -0.2) is 17.9 Å². The number of nitriles is 1. The SMILES string of the molecule is Cc1c(N(C)S(=O)(=O)c2ccc(Cl)c(C(=O)OCc3ccc(C#N)cc3)c2)c(=O)n(-c2ccccc2)n1C. The fourth-order valence-corrected chi connectivity index (χ4v) is 5.39. The molecule has 0 N–H and O–H groups in total. The molecule has 1 heterocycles. The van der Waals surface area contributed by atoms with Crippen molar-refractivity contribution in [2.45, 2.75) is 18.4 Å². The van der Waals surface area contributed by atoms with Gasteiger partial charge >= 0.3 is 5.97 Å². The first-order valence-electron chi connectivity index (χ1n) is 11.3. The summed E-state index contributed by atoms with van der Waals surface area (Å²) in [5, 5.41) is 8.92. The highest BCUT2D eigenvalue weighted by Gasteiger charge is 2.30. The van der Waals surface area contributed by atoms with Crippen LogP contribution in [0, 0.1) is 18.3 Å². The van der Waals surface area contributed by atoms with Crippen LogP contribution in [0.4, 0.5) is 5.69 Å². The smallest absolute Gasteiger partial charge is 0.340 e. The monoisotopic (exact) mass is 550 g/mol. The maximum absolute atomic E-state index is 13.6. The Morgan fingerprint density at radius 1 is 1.08 bits per heavy atom. The topological polar surface area (TPSA) is 114 Å². The van der Waals surface area contributed by atoms with E-state index in [2.05, 4.69) is 0 Å². The Hall–Kier alpha value is -4.33. The number of hydrogen-bond donors (Lipinski definition) is 0. The molecule has 0 unspecified atom stereocenters. The number of carbonyl (C=O) groups is 1. The number of nitrogens with zero attached hydrogens (tertiary/aromatic N) is 4. The molecule has 0 amide bonds. The van der Waals surface area contributed by atoms with Crippen LogP contribution < -0.4 is 9.86 Å². The molecule has 3 aromatic carbocycles. The maximum atomic E-state index is 13.6. The van der Waals surface area contributed by atoms with E-state index in [9.17, 15) is 18.0 Å². The van der Waals surface area contributed by atoms with Crippen molar-refractivity contribution in [3.05, 3.63) is 111 Å². The van der Waals surface area contributed by atoms with E-state index in [1.807, 2.05) is 12.1 Å². The highest BCUT2D eigenvalue weighted by Crippen LogP contribution is 2.27. The molecule has 194 valence electrons. The number of benzene rings is 3. The molecular formula is C27H23ClN4O5S. The lowest BCUT2D eigenvalue weighted by molar-refractivity contribution is 0.0472. The van der Waals surface area contributed by atoms with Crippen molar-refractivity contribution in [3.8, 4) is 11.8 Å². The molecule has 0 aliphatic carbocycles. The van der Waals surface area contributed by atoms with Crippen LogP contribution >= 0.6 is 11.6 Å². The summed E-state index contributed by atoms with van der Waals surface area (Å²) in [5.74, 6) is -0.818. The third-order valence-electron chi connectivity index (χ3n) is 6.11. The molecule has 4 aromatic rings. The number of rotatable bonds is 7. The van der Waals surface area contributed by atoms with Gasteiger partial charge in [0.1, 0.15) is 12.3 Å². The summed E-state index contributed by atoms with van der Waals surface area (Å²) >= 11 is 6.20. The van der Waals surface area contributed by atoms with E-state index in [0.717, 1.165) is 10.4 Å². The number of esters is 1. The number of sulfonamides is 1. The lowest BCUT2D eigenvalue weighted by Crippen LogP contribution is -2.32. The van der Waals surface area contributed by atoms with Gasteiger partial charge in [0.25, 0.3) is 15.6 Å². The number of halogens is 1. The van der Waals surface area contributed by atoms with Crippen molar-refractivity contribution in [1.82, 2.24) is 9.36 Å². The Bertz CT molecular complexity index is 1720. The Morgan fingerprint density at radius 3 is 2.37 bits per heavy atom. The van der Waals surface area contributed by atoms with Crippen LogP contribution in [0.25, 0.3) is 5.69 Å². The van der Waals surface area contributed by atoms with E-state index in [0.29, 0.717) is 22.5 Å². The van der Waals surface area contributed by atoms with Gasteiger partial charge in [-0.3, -0.25) is 13.8 Å². The number of anilines is 1. The van der Waals surface area contributed by atoms with Crippen molar-refractivity contribution in [2.75, 3.05) is 11.4 Å². The molecule has 9 nitrogen and oxygen atoms in total. The minimum Gasteiger partial charge on any atom is -0.457 e. The average Bonchev–Trinajstić information content (AvgIpc) is 3.14. The summed E-state index contributed by atoms with van der Waals surface area (Å²) in [4.78, 5) is 25.9. The molecular weight excluding hydrogens is 528 g/mol. The third-order valence-corrected chi connectivity index (χ3v) is 8.19. The van der Waals surface area contributed by atoms with E-state index in [1.54, 1.807) is 67.2 Å². The first-order valence-corrected chi connectivity index (χ1v) is 13.2. The number of aromatic nitrogens is 2. The van der Waals surface area contributed by atoms with Gasteiger partial charge in [0.05, 0.1) is 38.5 Å². The quantitative estimate of drug-likeness (QED) is 0.319. The van der Waals surface area contributed by atoms with Gasteiger partial charge in [-0.05, 0) is 55.0 Å². The number of para-hydroxylation sites is 1. The third kappa shape index (κ3) is 4.94. The molecule has 0 bridgehead atoms. The minimum atomic E-state index is -4.26. The fourth-order valence-electron chi connectivity index (χ4n) is 3.92. The highest BCUT2D eigenvalue weighted by molar-refractivity contribution is 7.92. The van der Waals surface area contributed by atoms with Crippen LogP contribution in [0.1, 0.15) is 27.2 Å². The van der Waals surface area contributed by atoms with Crippen molar-refractivity contribution in [2.24, 2.45) is 7.05 Å². The molecule has 4 rings (SSSR count). The molecule has 11 heteroatoms. The summed E-state index contributed by atoms with van der Waals surface area (Å²) in [7, 11) is -1.31. The zero-order valence-corrected chi connectivity index (χ0v) is 22.3. The molecule has 0 atom stereocenters. The summed E-state index contributed by atoms with van der Waals surface area (Å²) in [6, 6.07) is 21.0. The molecule has 0 fully saturated rings. The first-order chi connectivity index (χ1) is 18.1. The lowest BCUT2D eigenvalue weighted by Gasteiger charge is -2.19. The number of carbonyl (C=O) groups excluding carboxylic acids is 1. The normalized spacial score (nSPS) is 11.1. The highest BCUT2D eigenvalue weighted by atomic mass is 35.5. The standard InChI is InChI=1S/C27H23ClN4O5S/c1-18-25(26(33)32(30(18)2)21-7-5-4-6-8-21)31(3)38(35,36)22-13-14-24(28)23(15-22)27(34)37-17-20-11-9-19(16-29)10-12-20/h4-15H,17H2,1-3H3. The lowest BCUT2D eigenvalue weighted by atomic mass is 10.1. The van der Waals surface area contributed by atoms with Gasteiger partial charge in [-0.15, -0.1) is 0 Å². The number of hydrogen-bond acceptors (Lipinski definition) is 6. The van der Waals surface area contributed by atoms with Crippen LogP contribution in [-0.2, 0) is 28.4 Å². The van der Waals surface area contributed by atoms with Crippen LogP contribution in [0.3, 0.4) is 0 Å². The predicted molar refractivity (Wildman–Crippen MR) is 143 cm³/mol. The van der Waals surface area contributed by atoms with Gasteiger partial charge in [0.15, 0.2) is 0 Å². The van der Waals surface area contributed by atoms with Crippen molar-refractivity contribution in [3.63, 3.8) is 0 Å². The second kappa shape index (κ2) is 10.6. The Morgan fingerprint density at radius 2 is 1.74 bits per heavy atom. The van der Waals surface area contributed by atoms with Crippen LogP contribution in [0.5, 0.6) is 0 Å². The van der Waals surface area contributed by atoms with Gasteiger partial charge < -0.3 is 4.74 Å². The van der Waals surface area contributed by atoms with Crippen molar-refractivity contribution in [1.29, 1.82) is 5.26 Å². The van der Waals surface area contributed by atoms with Gasteiger partial charge in [0, 0.05) is 14.1 Å².